The molecule has 2 aromatic rings. The van der Waals surface area contributed by atoms with Crippen LogP contribution in [0.5, 0.6) is 5.88 Å². The van der Waals surface area contributed by atoms with Crippen molar-refractivity contribution in [2.75, 3.05) is 19.7 Å². The molecule has 116 valence electrons. The molecule has 1 aliphatic heterocycles. The van der Waals surface area contributed by atoms with E-state index in [0.29, 0.717) is 24.0 Å². The standard InChI is InChI=1S/C16H20N4O2/c1-12-14(10-18-19-12)16(21)20-8-5-13(6-9-20)11-22-15-4-2-3-7-17-15/h2-4,7,10,13H,5-6,8-9,11H2,1H3,(H,18,19). The first-order valence-electron chi connectivity index (χ1n) is 7.57. The molecule has 3 heterocycles. The SMILES string of the molecule is Cc1[nH]ncc1C(=O)N1CCC(COc2ccccn2)CC1. The molecular weight excluding hydrogens is 280 g/mol. The molecular formula is C16H20N4O2. The summed E-state index contributed by atoms with van der Waals surface area (Å²) in [5, 5.41) is 6.73. The van der Waals surface area contributed by atoms with Crippen molar-refractivity contribution >= 4 is 5.91 Å². The van der Waals surface area contributed by atoms with Gasteiger partial charge in [0.1, 0.15) is 0 Å². The number of hydrogen-bond acceptors (Lipinski definition) is 4. The fourth-order valence-electron chi connectivity index (χ4n) is 2.68. The molecule has 0 aromatic carbocycles. The zero-order chi connectivity index (χ0) is 15.4. The summed E-state index contributed by atoms with van der Waals surface area (Å²) in [6, 6.07) is 5.64. The molecule has 1 aliphatic rings. The minimum atomic E-state index is 0.0651. The van der Waals surface area contributed by atoms with E-state index in [4.69, 9.17) is 4.74 Å². The van der Waals surface area contributed by atoms with Crippen molar-refractivity contribution in [3.05, 3.63) is 41.9 Å². The third kappa shape index (κ3) is 3.27. The van der Waals surface area contributed by atoms with Gasteiger partial charge in [0, 0.05) is 31.0 Å². The Morgan fingerprint density at radius 2 is 2.23 bits per heavy atom. The number of rotatable bonds is 4. The van der Waals surface area contributed by atoms with Gasteiger partial charge in [-0.2, -0.15) is 5.10 Å². The first-order valence-corrected chi connectivity index (χ1v) is 7.57. The number of amides is 1. The lowest BCUT2D eigenvalue weighted by Crippen LogP contribution is -2.39. The number of carbonyl (C=O) groups is 1. The van der Waals surface area contributed by atoms with Crippen molar-refractivity contribution in [3.8, 4) is 5.88 Å². The molecule has 0 bridgehead atoms. The van der Waals surface area contributed by atoms with Crippen LogP contribution in [0.2, 0.25) is 0 Å². The van der Waals surface area contributed by atoms with Gasteiger partial charge in [-0.3, -0.25) is 9.89 Å². The molecule has 0 saturated carbocycles. The normalized spacial score (nSPS) is 15.8. The number of H-pyrrole nitrogens is 1. The zero-order valence-corrected chi connectivity index (χ0v) is 12.7. The van der Waals surface area contributed by atoms with E-state index < -0.39 is 0 Å². The smallest absolute Gasteiger partial charge is 0.257 e. The Hall–Kier alpha value is -2.37. The molecule has 0 radical (unpaired) electrons. The number of ether oxygens (including phenoxy) is 1. The van der Waals surface area contributed by atoms with Crippen molar-refractivity contribution in [2.45, 2.75) is 19.8 Å². The molecule has 2 aromatic heterocycles. The van der Waals surface area contributed by atoms with E-state index in [-0.39, 0.29) is 5.91 Å². The van der Waals surface area contributed by atoms with Gasteiger partial charge in [0.25, 0.3) is 5.91 Å². The van der Waals surface area contributed by atoms with Crippen molar-refractivity contribution in [2.24, 2.45) is 5.92 Å². The molecule has 0 aliphatic carbocycles. The predicted octanol–water partition coefficient (Wildman–Crippen LogP) is 2.04. The van der Waals surface area contributed by atoms with Gasteiger partial charge in [0.05, 0.1) is 18.4 Å². The summed E-state index contributed by atoms with van der Waals surface area (Å²) in [4.78, 5) is 18.4. The number of nitrogens with one attached hydrogen (secondary N) is 1. The lowest BCUT2D eigenvalue weighted by Gasteiger charge is -2.31. The third-order valence-electron chi connectivity index (χ3n) is 4.07. The second-order valence-electron chi connectivity index (χ2n) is 5.62. The fraction of sp³-hybridized carbons (Fsp3) is 0.438. The van der Waals surface area contributed by atoms with Crippen molar-refractivity contribution in [1.29, 1.82) is 0 Å². The van der Waals surface area contributed by atoms with Gasteiger partial charge in [-0.05, 0) is 31.7 Å². The van der Waals surface area contributed by atoms with Crippen LogP contribution >= 0.6 is 0 Å². The minimum Gasteiger partial charge on any atom is -0.477 e. The van der Waals surface area contributed by atoms with E-state index >= 15 is 0 Å². The molecule has 1 saturated heterocycles. The van der Waals surface area contributed by atoms with Crippen molar-refractivity contribution in [1.82, 2.24) is 20.1 Å². The maximum absolute atomic E-state index is 12.4. The largest absolute Gasteiger partial charge is 0.477 e. The fourth-order valence-corrected chi connectivity index (χ4v) is 2.68. The second-order valence-corrected chi connectivity index (χ2v) is 5.62. The maximum Gasteiger partial charge on any atom is 0.257 e. The average molecular weight is 300 g/mol. The Balaban J connectivity index is 1.48. The Bertz CT molecular complexity index is 618. The quantitative estimate of drug-likeness (QED) is 0.938. The molecule has 6 heteroatoms. The molecule has 1 amide bonds. The zero-order valence-electron chi connectivity index (χ0n) is 12.7. The number of carbonyl (C=O) groups excluding carboxylic acids is 1. The molecule has 1 fully saturated rings. The van der Waals surface area contributed by atoms with Gasteiger partial charge in [0.15, 0.2) is 0 Å². The molecule has 1 N–H and O–H groups in total. The van der Waals surface area contributed by atoms with Crippen LogP contribution in [0.4, 0.5) is 0 Å². The summed E-state index contributed by atoms with van der Waals surface area (Å²) in [5.41, 5.74) is 1.49. The maximum atomic E-state index is 12.4. The highest BCUT2D eigenvalue weighted by Gasteiger charge is 2.25. The van der Waals surface area contributed by atoms with Gasteiger partial charge in [-0.1, -0.05) is 6.07 Å². The van der Waals surface area contributed by atoms with Crippen LogP contribution in [-0.2, 0) is 0 Å². The summed E-state index contributed by atoms with van der Waals surface area (Å²) in [5.74, 6) is 1.20. The van der Waals surface area contributed by atoms with Crippen LogP contribution < -0.4 is 4.74 Å². The number of nitrogens with zero attached hydrogens (tertiary/aromatic N) is 3. The van der Waals surface area contributed by atoms with Crippen LogP contribution in [0, 0.1) is 12.8 Å². The van der Waals surface area contributed by atoms with E-state index in [1.54, 1.807) is 12.4 Å². The van der Waals surface area contributed by atoms with Gasteiger partial charge in [0.2, 0.25) is 5.88 Å². The van der Waals surface area contributed by atoms with E-state index in [9.17, 15) is 4.79 Å². The van der Waals surface area contributed by atoms with Gasteiger partial charge < -0.3 is 9.64 Å². The molecule has 0 unspecified atom stereocenters. The Labute approximate surface area is 129 Å². The first kappa shape index (κ1) is 14.6. The van der Waals surface area contributed by atoms with Gasteiger partial charge in [-0.15, -0.1) is 0 Å². The molecule has 22 heavy (non-hydrogen) atoms. The third-order valence-corrected chi connectivity index (χ3v) is 4.07. The predicted molar refractivity (Wildman–Crippen MR) is 81.7 cm³/mol. The minimum absolute atomic E-state index is 0.0651. The van der Waals surface area contributed by atoms with Crippen LogP contribution in [0.1, 0.15) is 28.9 Å². The van der Waals surface area contributed by atoms with E-state index in [1.807, 2.05) is 30.0 Å². The van der Waals surface area contributed by atoms with E-state index in [2.05, 4.69) is 15.2 Å². The van der Waals surface area contributed by atoms with Crippen LogP contribution in [0.25, 0.3) is 0 Å². The second kappa shape index (κ2) is 6.60. The summed E-state index contributed by atoms with van der Waals surface area (Å²) >= 11 is 0. The average Bonchev–Trinajstić information content (AvgIpc) is 3.00. The summed E-state index contributed by atoms with van der Waals surface area (Å²) in [7, 11) is 0. The Morgan fingerprint density at radius 3 is 2.86 bits per heavy atom. The number of aryl methyl sites for hydroxylation is 1. The molecule has 6 nitrogen and oxygen atoms in total. The first-order chi connectivity index (χ1) is 10.7. The highest BCUT2D eigenvalue weighted by molar-refractivity contribution is 5.95. The lowest BCUT2D eigenvalue weighted by atomic mass is 9.97. The van der Waals surface area contributed by atoms with Crippen LogP contribution in [0.3, 0.4) is 0 Å². The number of aromatic nitrogens is 3. The topological polar surface area (TPSA) is 71.1 Å². The molecule has 0 spiro atoms. The van der Waals surface area contributed by atoms with E-state index in [1.165, 1.54) is 0 Å². The monoisotopic (exact) mass is 300 g/mol. The number of likely N-dealkylation sites (tertiary alicyclic amines) is 1. The molecule has 0 atom stereocenters. The molecule has 3 rings (SSSR count). The lowest BCUT2D eigenvalue weighted by molar-refractivity contribution is 0.0658. The number of pyridine rings is 1. The summed E-state index contributed by atoms with van der Waals surface area (Å²) in [6.07, 6.45) is 5.24. The number of hydrogen-bond donors (Lipinski definition) is 1. The summed E-state index contributed by atoms with van der Waals surface area (Å²) < 4.78 is 5.70. The summed E-state index contributed by atoms with van der Waals surface area (Å²) in [6.45, 7) is 4.05. The van der Waals surface area contributed by atoms with Crippen molar-refractivity contribution in [3.63, 3.8) is 0 Å². The Kier molecular flexibility index (Phi) is 4.37. The number of aromatic amines is 1. The number of piperidine rings is 1. The Morgan fingerprint density at radius 1 is 1.41 bits per heavy atom. The van der Waals surface area contributed by atoms with Crippen LogP contribution in [0.15, 0.2) is 30.6 Å². The van der Waals surface area contributed by atoms with Crippen molar-refractivity contribution < 1.29 is 9.53 Å². The van der Waals surface area contributed by atoms with Gasteiger partial charge >= 0.3 is 0 Å². The highest BCUT2D eigenvalue weighted by atomic mass is 16.5. The van der Waals surface area contributed by atoms with Crippen LogP contribution in [-0.4, -0.2) is 45.7 Å². The highest BCUT2D eigenvalue weighted by Crippen LogP contribution is 2.20. The van der Waals surface area contributed by atoms with Gasteiger partial charge in [-0.25, -0.2) is 4.98 Å². The van der Waals surface area contributed by atoms with E-state index in [0.717, 1.165) is 31.6 Å².